The second kappa shape index (κ2) is 31.3. The largest absolute Gasteiger partial charge is 0.492 e. The molecule has 92 heavy (non-hydrogen) atoms. The topological polar surface area (TPSA) is 355 Å². The van der Waals surface area contributed by atoms with Crippen LogP contribution in [0.4, 0.5) is 5.69 Å². The Morgan fingerprint density at radius 2 is 1.23 bits per heavy atom. The number of sulfonamides is 1. The Hall–Kier alpha value is -5.60. The summed E-state index contributed by atoms with van der Waals surface area (Å²) in [5, 5.41) is 33.1. The lowest BCUT2D eigenvalue weighted by atomic mass is 9.79. The molecule has 0 unspecified atom stereocenters. The van der Waals surface area contributed by atoms with Gasteiger partial charge in [-0.2, -0.15) is 16.8 Å². The summed E-state index contributed by atoms with van der Waals surface area (Å²) in [6.07, 6.45) is 6.37. The summed E-state index contributed by atoms with van der Waals surface area (Å²) in [5.41, 5.74) is 4.40. The fraction of sp³-hybridized carbons (Fsp3) is 0.533. The molecule has 0 aliphatic carbocycles. The van der Waals surface area contributed by atoms with E-state index in [1.54, 1.807) is 6.07 Å². The Bertz CT molecular complexity index is 3850. The van der Waals surface area contributed by atoms with Gasteiger partial charge in [-0.1, -0.05) is 17.2 Å². The molecular formula is C60H79N4O24S4+. The number of hydrogen-bond acceptors (Lipinski definition) is 24. The molecule has 28 nitrogen and oxygen atoms in total. The minimum atomic E-state index is -5.23. The summed E-state index contributed by atoms with van der Waals surface area (Å²) in [4.78, 5) is 17.3. The van der Waals surface area contributed by atoms with E-state index >= 15 is 0 Å². The van der Waals surface area contributed by atoms with Crippen molar-refractivity contribution in [1.82, 2.24) is 14.0 Å². The third kappa shape index (κ3) is 17.5. The first-order chi connectivity index (χ1) is 43.9. The molecule has 0 spiro atoms. The van der Waals surface area contributed by atoms with Gasteiger partial charge in [0.1, 0.15) is 22.9 Å². The maximum absolute atomic E-state index is 14.1. The summed E-state index contributed by atoms with van der Waals surface area (Å²) >= 11 is 0.849. The van der Waals surface area contributed by atoms with Crippen molar-refractivity contribution in [3.63, 3.8) is 0 Å². The van der Waals surface area contributed by atoms with E-state index in [0.717, 1.165) is 57.8 Å². The van der Waals surface area contributed by atoms with Gasteiger partial charge in [0, 0.05) is 96.3 Å². The van der Waals surface area contributed by atoms with Gasteiger partial charge in [-0.3, -0.25) is 9.11 Å². The number of hydrogen-bond donors (Lipinski definition) is 6. The van der Waals surface area contributed by atoms with E-state index in [9.17, 15) is 49.4 Å². The molecule has 5 aliphatic heterocycles. The molecule has 9 rings (SSSR count). The highest BCUT2D eigenvalue weighted by atomic mass is 32.2. The van der Waals surface area contributed by atoms with E-state index in [4.69, 9.17) is 57.1 Å². The number of aromatic nitrogens is 1. The number of nitrogens with zero attached hydrogens (tertiary/aromatic N) is 3. The standard InChI is InChI=1S/C60H78N4O24S4/c1-59(2)36-40(38-89-88-87-68)46-34-48-54(43-10-9-42(91(71,72)73)33-50(43)92(74,75)76)49-35-47-41(37-60(3,4)63-16-6-8-45(56(47)63)58(49)85-57(48)44-7-5-15-62(59)55(44)46)39-90(69,70)61-14-18-78-20-22-80-24-26-82-28-30-84-32-31-83-29-27-81-25-23-79-21-19-77-17-13-53(67)86-64-51(65)11-12-52(64)66/h9-12,33-37,61H,5-8,13-32,38-39H2,1-4H3,(H4-,65,66,68,71,72,73,74,75,76)/p+1. The zero-order chi connectivity index (χ0) is 65.8. The van der Waals surface area contributed by atoms with Crippen LogP contribution >= 0.6 is 12.0 Å². The van der Waals surface area contributed by atoms with Crippen molar-refractivity contribution < 1.29 is 111 Å². The van der Waals surface area contributed by atoms with Gasteiger partial charge in [-0.25, -0.2) is 27.8 Å². The molecule has 32 heteroatoms. The average molecular weight is 1370 g/mol. The van der Waals surface area contributed by atoms with Crippen LogP contribution in [0, 0.1) is 0 Å². The second-order valence-electron chi connectivity index (χ2n) is 23.0. The van der Waals surface area contributed by atoms with E-state index in [1.807, 2.05) is 26.0 Å². The van der Waals surface area contributed by atoms with Crippen LogP contribution in [0.5, 0.6) is 23.3 Å². The fourth-order valence-corrected chi connectivity index (χ4v) is 14.8. The average Bonchev–Trinajstić information content (AvgIpc) is 0.722. The van der Waals surface area contributed by atoms with Crippen molar-refractivity contribution >= 4 is 70.7 Å². The van der Waals surface area contributed by atoms with Crippen LogP contribution in [-0.4, -0.2) is 208 Å². The van der Waals surface area contributed by atoms with E-state index in [2.05, 4.69) is 39.2 Å². The SMILES string of the molecule is CC1(C)C=C(CSOOO)c2cc3c(c4c2N1CCC4)Oc1c2c4c(cc1=C3c1ccc(S(=O)(=O)O)cc1S(=O)(=O)O)C(CS(=O)(=O)NCCOCCOCCOCCOCCOCCOCCOCCOCCC(=O)On1c(O)ccc1O)=CC(C)(C)[N+]=4CCC2. The number of benzene rings is 3. The van der Waals surface area contributed by atoms with E-state index in [-0.39, 0.29) is 62.9 Å². The molecule has 0 saturated carbocycles. The van der Waals surface area contributed by atoms with E-state index in [0.29, 0.717) is 149 Å². The van der Waals surface area contributed by atoms with Crippen LogP contribution in [0.2, 0.25) is 0 Å². The number of fused-ring (bicyclic) bond motifs is 4. The Balaban J connectivity index is 0.753. The van der Waals surface area contributed by atoms with Crippen LogP contribution in [0.1, 0.15) is 80.3 Å². The maximum Gasteiger partial charge on any atom is 0.335 e. The van der Waals surface area contributed by atoms with Gasteiger partial charge >= 0.3 is 5.97 Å². The van der Waals surface area contributed by atoms with Gasteiger partial charge in [0.15, 0.2) is 5.54 Å². The van der Waals surface area contributed by atoms with Crippen LogP contribution in [-0.2, 0) is 95.2 Å². The van der Waals surface area contributed by atoms with Gasteiger partial charge in [0.2, 0.25) is 27.1 Å². The van der Waals surface area contributed by atoms with Crippen molar-refractivity contribution in [2.45, 2.75) is 80.7 Å². The zero-order valence-corrected chi connectivity index (χ0v) is 54.8. The summed E-state index contributed by atoms with van der Waals surface area (Å²) in [5.74, 6) is -0.904. The molecule has 0 saturated heterocycles. The number of anilines is 1. The van der Waals surface area contributed by atoms with E-state index in [1.165, 1.54) is 18.2 Å². The highest BCUT2D eigenvalue weighted by molar-refractivity contribution is 7.95. The molecule has 5 aliphatic rings. The van der Waals surface area contributed by atoms with Gasteiger partial charge in [-0.15, -0.1) is 9.06 Å². The smallest absolute Gasteiger partial charge is 0.335 e. The number of carbonyl (C=O) groups is 1. The van der Waals surface area contributed by atoms with Crippen molar-refractivity contribution in [1.29, 1.82) is 0 Å². The first kappa shape index (κ1) is 70.7. The molecule has 0 fully saturated rings. The Labute approximate surface area is 537 Å². The molecule has 6 heterocycles. The molecule has 3 aromatic carbocycles. The van der Waals surface area contributed by atoms with Crippen molar-refractivity contribution in [2.75, 3.05) is 142 Å². The number of nitrogens with one attached hydrogen (secondary N) is 1. The lowest BCUT2D eigenvalue weighted by molar-refractivity contribution is -0.432. The molecule has 506 valence electrons. The molecule has 0 amide bonds. The van der Waals surface area contributed by atoms with Crippen molar-refractivity contribution in [2.24, 2.45) is 0 Å². The normalized spacial score (nSPS) is 16.3. The van der Waals surface area contributed by atoms with Crippen molar-refractivity contribution in [3.8, 4) is 23.3 Å². The van der Waals surface area contributed by atoms with Gasteiger partial charge in [-0.05, 0) is 74.6 Å². The Morgan fingerprint density at radius 3 is 1.80 bits per heavy atom. The summed E-state index contributed by atoms with van der Waals surface area (Å²) in [6, 6.07) is 9.00. The predicted octanol–water partition coefficient (Wildman–Crippen LogP) is 3.45. The van der Waals surface area contributed by atoms with Crippen LogP contribution < -0.4 is 34.3 Å². The number of aromatic hydroxyl groups is 2. The van der Waals surface area contributed by atoms with Gasteiger partial charge in [0.25, 0.3) is 20.2 Å². The molecule has 4 aromatic rings. The quantitative estimate of drug-likeness (QED) is 0.00823. The third-order valence-electron chi connectivity index (χ3n) is 15.8. The minimum Gasteiger partial charge on any atom is -0.492 e. The molecule has 1 aromatic heterocycles. The molecule has 0 radical (unpaired) electrons. The first-order valence-electron chi connectivity index (χ1n) is 29.9. The number of ether oxygens (including phenoxy) is 9. The van der Waals surface area contributed by atoms with Crippen LogP contribution in [0.25, 0.3) is 16.7 Å². The summed E-state index contributed by atoms with van der Waals surface area (Å²) in [6.45, 7) is 14.1. The van der Waals surface area contributed by atoms with Gasteiger partial charge in [0.05, 0.1) is 145 Å². The number of rotatable bonds is 38. The summed E-state index contributed by atoms with van der Waals surface area (Å²) < 4.78 is 163. The lowest BCUT2D eigenvalue weighted by Crippen LogP contribution is -2.54. The monoisotopic (exact) mass is 1370 g/mol. The second-order valence-corrected chi connectivity index (χ2v) is 28.3. The Kier molecular flexibility index (Phi) is 24.1. The van der Waals surface area contributed by atoms with Crippen molar-refractivity contribution in [3.05, 3.63) is 98.6 Å². The predicted molar refractivity (Wildman–Crippen MR) is 334 cm³/mol. The maximum atomic E-state index is 14.1. The lowest BCUT2D eigenvalue weighted by Gasteiger charge is -2.47. The van der Waals surface area contributed by atoms with Crippen LogP contribution in [0.15, 0.2) is 64.4 Å². The molecule has 0 atom stereocenters. The molecular weight excluding hydrogens is 1290 g/mol. The molecule has 6 N–H and O–H groups in total. The Morgan fingerprint density at radius 1 is 0.652 bits per heavy atom. The van der Waals surface area contributed by atoms with Crippen LogP contribution in [0.3, 0.4) is 0 Å². The highest BCUT2D eigenvalue weighted by Crippen LogP contribution is 2.53. The summed E-state index contributed by atoms with van der Waals surface area (Å²) in [7, 11) is -14.2. The molecule has 0 bridgehead atoms. The third-order valence-corrected chi connectivity index (χ3v) is 19.4. The first-order valence-corrected chi connectivity index (χ1v) is 35.4. The van der Waals surface area contributed by atoms with Gasteiger partial charge < -0.3 is 62.6 Å². The fourth-order valence-electron chi connectivity index (χ4n) is 11.9. The highest BCUT2D eigenvalue weighted by Gasteiger charge is 2.44. The zero-order valence-electron chi connectivity index (χ0n) is 51.5. The minimum absolute atomic E-state index is 0.0379. The number of carbonyl (C=O) groups excluding carboxylic acids is 1. The van der Waals surface area contributed by atoms with E-state index < -0.39 is 74.6 Å².